The Kier molecular flexibility index (Phi) is 5.53. The Hall–Kier alpha value is -3.03. The highest BCUT2D eigenvalue weighted by Crippen LogP contribution is 2.28. The van der Waals surface area contributed by atoms with E-state index in [-0.39, 0.29) is 12.1 Å². The van der Waals surface area contributed by atoms with Gasteiger partial charge in [-0.05, 0) is 37.3 Å². The van der Waals surface area contributed by atoms with E-state index in [2.05, 4.69) is 15.6 Å². The van der Waals surface area contributed by atoms with Crippen LogP contribution in [0.4, 0.5) is 5.82 Å². The summed E-state index contributed by atoms with van der Waals surface area (Å²) in [5, 5.41) is 22.8. The van der Waals surface area contributed by atoms with Crippen molar-refractivity contribution in [2.24, 2.45) is 0 Å². The number of aromatic nitrogens is 5. The largest absolute Gasteiger partial charge is 0.393 e. The highest BCUT2D eigenvalue weighted by molar-refractivity contribution is 6.31. The fraction of sp³-hybridized carbons (Fsp3) is 0.304. The zero-order chi connectivity index (χ0) is 21.2. The number of nitrogens with zero attached hydrogens (tertiary/aromatic N) is 5. The van der Waals surface area contributed by atoms with Crippen molar-refractivity contribution in [2.75, 3.05) is 5.32 Å². The third kappa shape index (κ3) is 4.24. The van der Waals surface area contributed by atoms with Gasteiger partial charge in [0.1, 0.15) is 0 Å². The van der Waals surface area contributed by atoms with Crippen molar-refractivity contribution in [1.29, 1.82) is 0 Å². The lowest BCUT2D eigenvalue weighted by Crippen LogP contribution is -2.28. The molecule has 158 valence electrons. The Morgan fingerprint density at radius 3 is 2.48 bits per heavy atom. The molecular formula is C23H23ClN6O. The molecule has 0 atom stereocenters. The molecule has 31 heavy (non-hydrogen) atoms. The summed E-state index contributed by atoms with van der Waals surface area (Å²) in [6.45, 7) is 0.469. The van der Waals surface area contributed by atoms with Crippen molar-refractivity contribution in [3.05, 3.63) is 65.2 Å². The van der Waals surface area contributed by atoms with Gasteiger partial charge in [0.15, 0.2) is 22.8 Å². The SMILES string of the molecule is OC1CCC(Nc2nc(-c3ccccc3)nc3c2nnn3Cc2ccccc2Cl)CC1. The maximum absolute atomic E-state index is 9.83. The van der Waals surface area contributed by atoms with E-state index in [1.807, 2.05) is 54.6 Å². The van der Waals surface area contributed by atoms with Crippen molar-refractivity contribution < 1.29 is 5.11 Å². The normalized spacial score (nSPS) is 18.9. The summed E-state index contributed by atoms with van der Waals surface area (Å²) in [4.78, 5) is 9.60. The van der Waals surface area contributed by atoms with E-state index in [0.29, 0.717) is 34.4 Å². The van der Waals surface area contributed by atoms with Crippen LogP contribution in [-0.2, 0) is 6.54 Å². The Bertz CT molecular complexity index is 1190. The quantitative estimate of drug-likeness (QED) is 0.486. The molecule has 1 aliphatic carbocycles. The van der Waals surface area contributed by atoms with Gasteiger partial charge in [-0.3, -0.25) is 0 Å². The van der Waals surface area contributed by atoms with E-state index in [1.54, 1.807) is 4.68 Å². The van der Waals surface area contributed by atoms with Crippen LogP contribution in [0, 0.1) is 0 Å². The third-order valence-electron chi connectivity index (χ3n) is 5.71. The lowest BCUT2D eigenvalue weighted by Gasteiger charge is -2.26. The van der Waals surface area contributed by atoms with Gasteiger partial charge in [-0.25, -0.2) is 14.6 Å². The first-order valence-electron chi connectivity index (χ1n) is 10.5. The van der Waals surface area contributed by atoms with Crippen molar-refractivity contribution >= 4 is 28.6 Å². The predicted molar refractivity (Wildman–Crippen MR) is 121 cm³/mol. The molecule has 5 rings (SSSR count). The van der Waals surface area contributed by atoms with Crippen LogP contribution in [-0.4, -0.2) is 42.2 Å². The molecule has 2 heterocycles. The van der Waals surface area contributed by atoms with Gasteiger partial charge >= 0.3 is 0 Å². The number of hydrogen-bond donors (Lipinski definition) is 2. The standard InChI is InChI=1S/C23H23ClN6O/c24-19-9-5-4-8-16(19)14-30-23-20(28-29-30)22(25-17-10-12-18(31)13-11-17)26-21(27-23)15-6-2-1-3-7-15/h1-9,17-18,31H,10-14H2,(H,25,26,27). The van der Waals surface area contributed by atoms with E-state index in [4.69, 9.17) is 21.6 Å². The number of nitrogens with one attached hydrogen (secondary N) is 1. The lowest BCUT2D eigenvalue weighted by molar-refractivity contribution is 0.126. The minimum absolute atomic E-state index is 0.208. The smallest absolute Gasteiger partial charge is 0.184 e. The molecule has 0 saturated heterocycles. The van der Waals surface area contributed by atoms with E-state index >= 15 is 0 Å². The molecule has 2 aromatic carbocycles. The first-order valence-corrected chi connectivity index (χ1v) is 10.9. The number of halogens is 1. The van der Waals surface area contributed by atoms with Gasteiger partial charge in [0.05, 0.1) is 12.6 Å². The molecule has 1 fully saturated rings. The number of aliphatic hydroxyl groups excluding tert-OH is 1. The monoisotopic (exact) mass is 434 g/mol. The number of fused-ring (bicyclic) bond motifs is 1. The number of aliphatic hydroxyl groups is 1. The summed E-state index contributed by atoms with van der Waals surface area (Å²) < 4.78 is 1.76. The molecule has 0 amide bonds. The Morgan fingerprint density at radius 2 is 1.71 bits per heavy atom. The Balaban J connectivity index is 1.56. The zero-order valence-electron chi connectivity index (χ0n) is 16.9. The average Bonchev–Trinajstić information content (AvgIpc) is 3.20. The van der Waals surface area contributed by atoms with Crippen LogP contribution in [0.5, 0.6) is 0 Å². The van der Waals surface area contributed by atoms with E-state index < -0.39 is 0 Å². The highest BCUT2D eigenvalue weighted by Gasteiger charge is 2.23. The molecule has 2 aromatic heterocycles. The van der Waals surface area contributed by atoms with E-state index in [0.717, 1.165) is 36.8 Å². The van der Waals surface area contributed by atoms with Gasteiger partial charge in [-0.2, -0.15) is 0 Å². The Labute approximate surface area is 185 Å². The number of benzene rings is 2. The summed E-state index contributed by atoms with van der Waals surface area (Å²) in [5.74, 6) is 1.30. The molecule has 4 aromatic rings. The minimum Gasteiger partial charge on any atom is -0.393 e. The molecule has 2 N–H and O–H groups in total. The van der Waals surface area contributed by atoms with Gasteiger partial charge in [0.25, 0.3) is 0 Å². The van der Waals surface area contributed by atoms with Crippen LogP contribution >= 0.6 is 11.6 Å². The number of anilines is 1. The van der Waals surface area contributed by atoms with Crippen LogP contribution < -0.4 is 5.32 Å². The van der Waals surface area contributed by atoms with Gasteiger partial charge < -0.3 is 10.4 Å². The van der Waals surface area contributed by atoms with Gasteiger partial charge in [0.2, 0.25) is 0 Å². The molecule has 0 bridgehead atoms. The molecule has 8 heteroatoms. The van der Waals surface area contributed by atoms with Crippen molar-refractivity contribution in [1.82, 2.24) is 25.0 Å². The maximum atomic E-state index is 9.83. The van der Waals surface area contributed by atoms with E-state index in [9.17, 15) is 5.11 Å². The summed E-state index contributed by atoms with van der Waals surface area (Å²) in [5.41, 5.74) is 3.17. The highest BCUT2D eigenvalue weighted by atomic mass is 35.5. The van der Waals surface area contributed by atoms with Gasteiger partial charge in [0, 0.05) is 16.6 Å². The minimum atomic E-state index is -0.208. The average molecular weight is 435 g/mol. The second-order valence-electron chi connectivity index (χ2n) is 7.92. The summed E-state index contributed by atoms with van der Waals surface area (Å²) >= 11 is 6.36. The maximum Gasteiger partial charge on any atom is 0.184 e. The third-order valence-corrected chi connectivity index (χ3v) is 6.08. The van der Waals surface area contributed by atoms with Gasteiger partial charge in [-0.15, -0.1) is 5.10 Å². The summed E-state index contributed by atoms with van der Waals surface area (Å²) in [7, 11) is 0. The molecule has 1 aliphatic rings. The molecule has 0 radical (unpaired) electrons. The van der Waals surface area contributed by atoms with Gasteiger partial charge in [-0.1, -0.05) is 65.3 Å². The summed E-state index contributed by atoms with van der Waals surface area (Å²) in [6.07, 6.45) is 3.15. The topological polar surface area (TPSA) is 88.8 Å². The fourth-order valence-corrected chi connectivity index (χ4v) is 4.18. The van der Waals surface area contributed by atoms with Crippen molar-refractivity contribution in [2.45, 2.75) is 44.4 Å². The first kappa shape index (κ1) is 19.9. The molecule has 0 unspecified atom stereocenters. The predicted octanol–water partition coefficient (Wildman–Crippen LogP) is 4.31. The first-order chi connectivity index (χ1) is 15.2. The molecule has 0 aliphatic heterocycles. The van der Waals surface area contributed by atoms with Crippen LogP contribution in [0.15, 0.2) is 54.6 Å². The van der Waals surface area contributed by atoms with E-state index in [1.165, 1.54) is 0 Å². The van der Waals surface area contributed by atoms with Crippen LogP contribution in [0.2, 0.25) is 5.02 Å². The van der Waals surface area contributed by atoms with Crippen LogP contribution in [0.3, 0.4) is 0 Å². The molecule has 7 nitrogen and oxygen atoms in total. The zero-order valence-corrected chi connectivity index (χ0v) is 17.7. The number of hydrogen-bond acceptors (Lipinski definition) is 6. The molecule has 1 saturated carbocycles. The van der Waals surface area contributed by atoms with Crippen LogP contribution in [0.25, 0.3) is 22.6 Å². The summed E-state index contributed by atoms with van der Waals surface area (Å²) in [6, 6.07) is 17.8. The number of rotatable bonds is 5. The van der Waals surface area contributed by atoms with Crippen molar-refractivity contribution in [3.8, 4) is 11.4 Å². The molecular weight excluding hydrogens is 412 g/mol. The molecule has 0 spiro atoms. The second kappa shape index (κ2) is 8.61. The van der Waals surface area contributed by atoms with Crippen molar-refractivity contribution in [3.63, 3.8) is 0 Å². The lowest BCUT2D eigenvalue weighted by atomic mass is 9.93. The Morgan fingerprint density at radius 1 is 0.968 bits per heavy atom. The fourth-order valence-electron chi connectivity index (χ4n) is 3.98. The second-order valence-corrected chi connectivity index (χ2v) is 8.33. The van der Waals surface area contributed by atoms with Crippen LogP contribution in [0.1, 0.15) is 31.2 Å².